The van der Waals surface area contributed by atoms with Gasteiger partial charge < -0.3 is 18.6 Å². The zero-order valence-electron chi connectivity index (χ0n) is 17.6. The monoisotopic (exact) mass is 465 g/mol. The number of rotatable bonds is 5. The molecular formula is C20H26F3NO6S. The molecule has 0 unspecified atom stereocenters. The summed E-state index contributed by atoms with van der Waals surface area (Å²) in [6.45, 7) is 7.56. The summed E-state index contributed by atoms with van der Waals surface area (Å²) in [7, 11) is -5.72. The van der Waals surface area contributed by atoms with Gasteiger partial charge in [0.2, 0.25) is 0 Å². The van der Waals surface area contributed by atoms with Crippen molar-refractivity contribution in [1.82, 2.24) is 4.90 Å². The minimum atomic E-state index is -5.72. The molecule has 0 N–H and O–H groups in total. The second-order valence-corrected chi connectivity index (χ2v) is 10.3. The molecular weight excluding hydrogens is 439 g/mol. The third-order valence-electron chi connectivity index (χ3n) is 5.28. The highest BCUT2D eigenvalue weighted by Crippen LogP contribution is 2.45. The van der Waals surface area contributed by atoms with Crippen molar-refractivity contribution in [2.45, 2.75) is 63.4 Å². The van der Waals surface area contributed by atoms with Gasteiger partial charge in [-0.1, -0.05) is 6.07 Å². The number of carbonyl (C=O) groups excluding carboxylic acids is 1. The number of benzene rings is 1. The molecule has 0 bridgehead atoms. The first-order valence-corrected chi connectivity index (χ1v) is 11.3. The van der Waals surface area contributed by atoms with Crippen LogP contribution in [-0.2, 0) is 36.6 Å². The standard InChI is InChI=1S/C20H26F3NO6S/c1-18(2,3)29-17(25)6-9-24-10-7-19(8-11-24)16-5-4-15(12-14(16)13-28-19)30-31(26,27)20(21,22)23/h4-5,12H,6-11,13H2,1-3H3. The minimum Gasteiger partial charge on any atom is -0.460 e. The Bertz CT molecular complexity index is 931. The van der Waals surface area contributed by atoms with Gasteiger partial charge in [0, 0.05) is 19.6 Å². The van der Waals surface area contributed by atoms with Gasteiger partial charge in [-0.3, -0.25) is 4.79 Å². The number of halogens is 3. The quantitative estimate of drug-likeness (QED) is 0.374. The van der Waals surface area contributed by atoms with Gasteiger partial charge >= 0.3 is 21.6 Å². The second kappa shape index (κ2) is 8.25. The van der Waals surface area contributed by atoms with Gasteiger partial charge in [-0.15, -0.1) is 0 Å². The first kappa shape index (κ1) is 23.8. The molecule has 1 aromatic rings. The van der Waals surface area contributed by atoms with Gasteiger partial charge in [-0.05, 0) is 56.9 Å². The van der Waals surface area contributed by atoms with E-state index in [4.69, 9.17) is 9.47 Å². The molecule has 174 valence electrons. The van der Waals surface area contributed by atoms with E-state index in [9.17, 15) is 26.4 Å². The maximum atomic E-state index is 12.5. The lowest BCUT2D eigenvalue weighted by atomic mass is 9.83. The van der Waals surface area contributed by atoms with E-state index in [1.165, 1.54) is 12.1 Å². The highest BCUT2D eigenvalue weighted by molar-refractivity contribution is 7.88. The highest BCUT2D eigenvalue weighted by atomic mass is 32.2. The predicted octanol–water partition coefficient (Wildman–Crippen LogP) is 3.47. The summed E-state index contributed by atoms with van der Waals surface area (Å²) < 4.78 is 75.6. The van der Waals surface area contributed by atoms with Crippen molar-refractivity contribution in [3.8, 4) is 5.75 Å². The van der Waals surface area contributed by atoms with Crippen LogP contribution in [0.4, 0.5) is 13.2 Å². The number of nitrogens with zero attached hydrogens (tertiary/aromatic N) is 1. The molecule has 0 aromatic heterocycles. The van der Waals surface area contributed by atoms with Crippen LogP contribution in [0.2, 0.25) is 0 Å². The molecule has 0 aliphatic carbocycles. The third kappa shape index (κ3) is 5.50. The fourth-order valence-corrected chi connectivity index (χ4v) is 4.30. The number of esters is 1. The van der Waals surface area contributed by atoms with Crippen LogP contribution in [0.1, 0.15) is 51.2 Å². The van der Waals surface area contributed by atoms with Crippen LogP contribution in [0.25, 0.3) is 0 Å². The van der Waals surface area contributed by atoms with Gasteiger partial charge in [0.1, 0.15) is 11.4 Å². The zero-order chi connectivity index (χ0) is 23.1. The molecule has 2 aliphatic heterocycles. The molecule has 11 heteroatoms. The van der Waals surface area contributed by atoms with Gasteiger partial charge in [0.05, 0.1) is 18.6 Å². The smallest absolute Gasteiger partial charge is 0.460 e. The predicted molar refractivity (Wildman–Crippen MR) is 105 cm³/mol. The Hall–Kier alpha value is -1.85. The molecule has 1 aromatic carbocycles. The molecule has 0 radical (unpaired) electrons. The van der Waals surface area contributed by atoms with Gasteiger partial charge in [0.15, 0.2) is 0 Å². The molecule has 1 fully saturated rings. The Kier molecular flexibility index (Phi) is 6.34. The average molecular weight is 465 g/mol. The van der Waals surface area contributed by atoms with E-state index < -0.39 is 32.6 Å². The van der Waals surface area contributed by atoms with Crippen LogP contribution in [0.15, 0.2) is 18.2 Å². The van der Waals surface area contributed by atoms with Gasteiger partial charge in [-0.25, -0.2) is 0 Å². The van der Waals surface area contributed by atoms with Crippen molar-refractivity contribution in [1.29, 1.82) is 0 Å². The lowest BCUT2D eigenvalue weighted by molar-refractivity contribution is -0.155. The molecule has 2 aliphatic rings. The van der Waals surface area contributed by atoms with Gasteiger partial charge in [0.25, 0.3) is 0 Å². The number of likely N-dealkylation sites (tertiary alicyclic amines) is 1. The third-order valence-corrected chi connectivity index (χ3v) is 6.26. The number of ether oxygens (including phenoxy) is 2. The summed E-state index contributed by atoms with van der Waals surface area (Å²) in [4.78, 5) is 14.1. The van der Waals surface area contributed by atoms with E-state index in [1.807, 2.05) is 20.8 Å². The van der Waals surface area contributed by atoms with E-state index >= 15 is 0 Å². The van der Waals surface area contributed by atoms with Crippen molar-refractivity contribution in [3.63, 3.8) is 0 Å². The maximum absolute atomic E-state index is 12.5. The lowest BCUT2D eigenvalue weighted by Crippen LogP contribution is -2.43. The van der Waals surface area contributed by atoms with Gasteiger partial charge in [-0.2, -0.15) is 21.6 Å². The summed E-state index contributed by atoms with van der Waals surface area (Å²) in [5.74, 6) is -0.650. The largest absolute Gasteiger partial charge is 0.534 e. The number of fused-ring (bicyclic) bond motifs is 2. The Labute approximate surface area is 179 Å². The Morgan fingerprint density at radius 2 is 1.84 bits per heavy atom. The summed E-state index contributed by atoms with van der Waals surface area (Å²) in [5, 5.41) is 0. The summed E-state index contributed by atoms with van der Waals surface area (Å²) >= 11 is 0. The van der Waals surface area contributed by atoms with E-state index in [0.29, 0.717) is 38.0 Å². The fraction of sp³-hybridized carbons (Fsp3) is 0.650. The van der Waals surface area contributed by atoms with Crippen LogP contribution in [-0.4, -0.2) is 50.0 Å². The average Bonchev–Trinajstić information content (AvgIpc) is 2.96. The summed E-state index contributed by atoms with van der Waals surface area (Å²) in [6, 6.07) is 4.07. The number of hydrogen-bond acceptors (Lipinski definition) is 7. The maximum Gasteiger partial charge on any atom is 0.534 e. The van der Waals surface area contributed by atoms with Crippen LogP contribution in [0, 0.1) is 0 Å². The highest BCUT2D eigenvalue weighted by Gasteiger charge is 2.49. The van der Waals surface area contributed by atoms with E-state index in [2.05, 4.69) is 9.08 Å². The topological polar surface area (TPSA) is 82.1 Å². The van der Waals surface area contributed by atoms with Crippen molar-refractivity contribution in [2.75, 3.05) is 19.6 Å². The molecule has 0 atom stereocenters. The fourth-order valence-electron chi connectivity index (χ4n) is 3.85. The molecule has 0 amide bonds. The molecule has 0 saturated carbocycles. The van der Waals surface area contributed by atoms with E-state index in [0.717, 1.165) is 5.56 Å². The minimum absolute atomic E-state index is 0.163. The first-order chi connectivity index (χ1) is 14.2. The second-order valence-electron chi connectivity index (χ2n) is 8.76. The van der Waals surface area contributed by atoms with Crippen molar-refractivity contribution < 1.29 is 40.0 Å². The van der Waals surface area contributed by atoms with Crippen LogP contribution >= 0.6 is 0 Å². The van der Waals surface area contributed by atoms with Crippen molar-refractivity contribution >= 4 is 16.1 Å². The Morgan fingerprint density at radius 3 is 2.42 bits per heavy atom. The lowest BCUT2D eigenvalue weighted by Gasteiger charge is -2.39. The van der Waals surface area contributed by atoms with E-state index in [1.54, 1.807) is 6.07 Å². The van der Waals surface area contributed by atoms with Crippen molar-refractivity contribution in [2.24, 2.45) is 0 Å². The first-order valence-electron chi connectivity index (χ1n) is 9.93. The molecule has 3 rings (SSSR count). The Balaban J connectivity index is 1.60. The Morgan fingerprint density at radius 1 is 1.19 bits per heavy atom. The molecule has 2 heterocycles. The zero-order valence-corrected chi connectivity index (χ0v) is 18.4. The number of carbonyl (C=O) groups is 1. The normalized spacial score (nSPS) is 19.3. The van der Waals surface area contributed by atoms with Crippen LogP contribution in [0.5, 0.6) is 5.75 Å². The molecule has 7 nitrogen and oxygen atoms in total. The molecule has 31 heavy (non-hydrogen) atoms. The van der Waals surface area contributed by atoms with E-state index in [-0.39, 0.29) is 19.0 Å². The summed E-state index contributed by atoms with van der Waals surface area (Å²) in [5.41, 5.74) is -5.14. The summed E-state index contributed by atoms with van der Waals surface area (Å²) in [6.07, 6.45) is 1.58. The van der Waals surface area contributed by atoms with Crippen molar-refractivity contribution in [3.05, 3.63) is 29.3 Å². The molecule has 1 saturated heterocycles. The van der Waals surface area contributed by atoms with Crippen LogP contribution in [0.3, 0.4) is 0 Å². The molecule has 1 spiro atoms. The SMILES string of the molecule is CC(C)(C)OC(=O)CCN1CCC2(CC1)OCc1cc(OS(=O)(=O)C(F)(F)F)ccc12. The van der Waals surface area contributed by atoms with Crippen LogP contribution < -0.4 is 4.18 Å². The number of hydrogen-bond donors (Lipinski definition) is 0. The number of piperidine rings is 1. The number of alkyl halides is 3.